The number of halogens is 2. The molecule has 2 aliphatic rings. The van der Waals surface area contributed by atoms with E-state index in [1.807, 2.05) is 34.7 Å². The summed E-state index contributed by atoms with van der Waals surface area (Å²) in [5.74, 6) is 0.508. The van der Waals surface area contributed by atoms with Crippen molar-refractivity contribution in [3.63, 3.8) is 0 Å². The van der Waals surface area contributed by atoms with Gasteiger partial charge < -0.3 is 18.9 Å². The average Bonchev–Trinajstić information content (AvgIpc) is 2.73. The monoisotopic (exact) mass is 353 g/mol. The van der Waals surface area contributed by atoms with Crippen LogP contribution in [0.25, 0.3) is 0 Å². The van der Waals surface area contributed by atoms with Gasteiger partial charge in [-0.25, -0.2) is 8.78 Å². The van der Waals surface area contributed by atoms with Crippen molar-refractivity contribution in [1.29, 1.82) is 0 Å². The number of hydrogen-bond donors (Lipinski definition) is 0. The molecule has 25 heavy (non-hydrogen) atoms. The molecule has 0 amide bonds. The SMILES string of the molecule is CN1CCc2cc(B3OC(C)(C)C(C)(C)O3)cc(OCC(F)F)c2C1. The molecule has 0 aliphatic carbocycles. The predicted octanol–water partition coefficient (Wildman–Crippen LogP) is 2.62. The van der Waals surface area contributed by atoms with Crippen LogP contribution < -0.4 is 10.2 Å². The fraction of sp³-hybridized carbons (Fsp3) is 0.667. The van der Waals surface area contributed by atoms with Crippen molar-refractivity contribution in [1.82, 2.24) is 4.90 Å². The van der Waals surface area contributed by atoms with E-state index in [1.165, 1.54) is 0 Å². The molecule has 0 atom stereocenters. The first kappa shape index (κ1) is 18.6. The van der Waals surface area contributed by atoms with Crippen LogP contribution in [-0.2, 0) is 22.3 Å². The van der Waals surface area contributed by atoms with Crippen LogP contribution in [0.2, 0.25) is 0 Å². The first-order valence-electron chi connectivity index (χ1n) is 8.70. The Bertz CT molecular complexity index is 635. The summed E-state index contributed by atoms with van der Waals surface area (Å²) in [6, 6.07) is 3.86. The molecule has 0 aromatic heterocycles. The lowest BCUT2D eigenvalue weighted by atomic mass is 9.76. The zero-order valence-corrected chi connectivity index (χ0v) is 15.6. The summed E-state index contributed by atoms with van der Waals surface area (Å²) < 4.78 is 42.9. The number of ether oxygens (including phenoxy) is 1. The minimum Gasteiger partial charge on any atom is -0.487 e. The average molecular weight is 353 g/mol. The molecule has 2 heterocycles. The highest BCUT2D eigenvalue weighted by molar-refractivity contribution is 6.62. The van der Waals surface area contributed by atoms with Gasteiger partial charge in [0, 0.05) is 18.7 Å². The van der Waals surface area contributed by atoms with Crippen LogP contribution in [0.4, 0.5) is 8.78 Å². The summed E-state index contributed by atoms with van der Waals surface area (Å²) >= 11 is 0. The van der Waals surface area contributed by atoms with Gasteiger partial charge in [0.1, 0.15) is 12.4 Å². The number of nitrogens with zero attached hydrogens (tertiary/aromatic N) is 1. The molecular weight excluding hydrogens is 327 g/mol. The summed E-state index contributed by atoms with van der Waals surface area (Å²) in [4.78, 5) is 2.16. The van der Waals surface area contributed by atoms with E-state index in [2.05, 4.69) is 11.0 Å². The Kier molecular flexibility index (Phi) is 4.86. The van der Waals surface area contributed by atoms with Crippen LogP contribution in [-0.4, -0.2) is 49.8 Å². The second-order valence-electron chi connectivity index (χ2n) is 7.93. The third-order valence-corrected chi connectivity index (χ3v) is 5.40. The fourth-order valence-electron chi connectivity index (χ4n) is 3.19. The molecule has 1 aromatic carbocycles. The lowest BCUT2D eigenvalue weighted by molar-refractivity contribution is 0.00578. The van der Waals surface area contributed by atoms with Crippen LogP contribution in [0.15, 0.2) is 12.1 Å². The molecule has 1 fully saturated rings. The smallest absolute Gasteiger partial charge is 0.487 e. The molecule has 0 saturated carbocycles. The van der Waals surface area contributed by atoms with Crippen LogP contribution in [0, 0.1) is 0 Å². The van der Waals surface area contributed by atoms with Gasteiger partial charge in [-0.2, -0.15) is 0 Å². The topological polar surface area (TPSA) is 30.9 Å². The van der Waals surface area contributed by atoms with Crippen molar-refractivity contribution in [3.8, 4) is 5.75 Å². The first-order chi connectivity index (χ1) is 11.6. The Morgan fingerprint density at radius 3 is 2.44 bits per heavy atom. The van der Waals surface area contributed by atoms with Gasteiger partial charge in [-0.15, -0.1) is 0 Å². The minimum absolute atomic E-state index is 0.447. The lowest BCUT2D eigenvalue weighted by Crippen LogP contribution is -2.41. The highest BCUT2D eigenvalue weighted by Crippen LogP contribution is 2.37. The Hall–Kier alpha value is -1.18. The van der Waals surface area contributed by atoms with Crippen molar-refractivity contribution in [2.75, 3.05) is 20.2 Å². The maximum atomic E-state index is 12.6. The predicted molar refractivity (Wildman–Crippen MR) is 93.7 cm³/mol. The third kappa shape index (κ3) is 3.69. The van der Waals surface area contributed by atoms with Crippen molar-refractivity contribution >= 4 is 12.6 Å². The zero-order chi connectivity index (χ0) is 18.4. The van der Waals surface area contributed by atoms with Gasteiger partial charge in [0.25, 0.3) is 6.43 Å². The first-order valence-corrected chi connectivity index (χ1v) is 8.70. The van der Waals surface area contributed by atoms with E-state index in [4.69, 9.17) is 14.0 Å². The number of likely N-dealkylation sites (N-methyl/N-ethyl adjacent to an activating group) is 1. The van der Waals surface area contributed by atoms with Gasteiger partial charge in [0.2, 0.25) is 0 Å². The van der Waals surface area contributed by atoms with Gasteiger partial charge >= 0.3 is 7.12 Å². The summed E-state index contributed by atoms with van der Waals surface area (Å²) in [5.41, 5.74) is 2.03. The van der Waals surface area contributed by atoms with E-state index in [0.29, 0.717) is 12.3 Å². The minimum atomic E-state index is -2.50. The standard InChI is InChI=1S/C18H26BF2NO3/c1-17(2)18(3,4)25-19(24-17)13-8-12-6-7-22(5)10-14(12)15(9-13)23-11-16(20)21/h8-9,16H,6-7,10-11H2,1-5H3. The molecule has 1 saturated heterocycles. The summed E-state index contributed by atoms with van der Waals surface area (Å²) in [6.07, 6.45) is -1.65. The van der Waals surface area contributed by atoms with Crippen LogP contribution >= 0.6 is 0 Å². The summed E-state index contributed by atoms with van der Waals surface area (Å²) in [7, 11) is 1.49. The van der Waals surface area contributed by atoms with Crippen molar-refractivity contribution in [2.24, 2.45) is 0 Å². The number of alkyl halides is 2. The van der Waals surface area contributed by atoms with Gasteiger partial charge in [-0.3, -0.25) is 0 Å². The molecule has 7 heteroatoms. The van der Waals surface area contributed by atoms with Gasteiger partial charge in [-0.1, -0.05) is 6.07 Å². The molecule has 2 aliphatic heterocycles. The molecule has 1 aromatic rings. The van der Waals surface area contributed by atoms with Crippen LogP contribution in [0.5, 0.6) is 5.75 Å². The third-order valence-electron chi connectivity index (χ3n) is 5.40. The van der Waals surface area contributed by atoms with E-state index in [0.717, 1.165) is 29.6 Å². The Labute approximate surface area is 148 Å². The molecule has 138 valence electrons. The second kappa shape index (κ2) is 6.52. The Balaban J connectivity index is 1.94. The molecule has 0 spiro atoms. The molecule has 4 nitrogen and oxygen atoms in total. The highest BCUT2D eigenvalue weighted by atomic mass is 19.3. The van der Waals surface area contributed by atoms with Gasteiger partial charge in [0.05, 0.1) is 11.2 Å². The number of benzene rings is 1. The molecule has 0 radical (unpaired) electrons. The van der Waals surface area contributed by atoms with E-state index in [9.17, 15) is 8.78 Å². The lowest BCUT2D eigenvalue weighted by Gasteiger charge is -2.32. The molecule has 3 rings (SSSR count). The van der Waals surface area contributed by atoms with E-state index in [1.54, 1.807) is 6.07 Å². The van der Waals surface area contributed by atoms with Crippen molar-refractivity contribution in [3.05, 3.63) is 23.3 Å². The normalized spacial score (nSPS) is 22.3. The quantitative estimate of drug-likeness (QED) is 0.779. The Morgan fingerprint density at radius 2 is 1.84 bits per heavy atom. The molecular formula is C18H26BF2NO3. The Morgan fingerprint density at radius 1 is 1.20 bits per heavy atom. The van der Waals surface area contributed by atoms with E-state index < -0.39 is 31.4 Å². The zero-order valence-electron chi connectivity index (χ0n) is 15.6. The number of rotatable bonds is 4. The largest absolute Gasteiger partial charge is 0.494 e. The molecule has 0 bridgehead atoms. The number of fused-ring (bicyclic) bond motifs is 1. The number of hydrogen-bond acceptors (Lipinski definition) is 4. The van der Waals surface area contributed by atoms with Crippen molar-refractivity contribution in [2.45, 2.75) is 58.3 Å². The van der Waals surface area contributed by atoms with Gasteiger partial charge in [-0.05, 0) is 58.3 Å². The highest BCUT2D eigenvalue weighted by Gasteiger charge is 2.52. The maximum Gasteiger partial charge on any atom is 0.494 e. The fourth-order valence-corrected chi connectivity index (χ4v) is 3.19. The second-order valence-corrected chi connectivity index (χ2v) is 7.93. The summed E-state index contributed by atoms with van der Waals surface area (Å²) in [5, 5.41) is 0. The summed E-state index contributed by atoms with van der Waals surface area (Å²) in [6.45, 7) is 8.99. The van der Waals surface area contributed by atoms with Crippen LogP contribution in [0.3, 0.4) is 0 Å². The molecule has 0 N–H and O–H groups in total. The van der Waals surface area contributed by atoms with E-state index >= 15 is 0 Å². The van der Waals surface area contributed by atoms with Crippen molar-refractivity contribution < 1.29 is 22.8 Å². The van der Waals surface area contributed by atoms with Crippen LogP contribution in [0.1, 0.15) is 38.8 Å². The molecule has 0 unspecified atom stereocenters. The maximum absolute atomic E-state index is 12.6. The van der Waals surface area contributed by atoms with E-state index in [-0.39, 0.29) is 0 Å². The van der Waals surface area contributed by atoms with Gasteiger partial charge in [0.15, 0.2) is 0 Å².